The van der Waals surface area contributed by atoms with Gasteiger partial charge in [0.15, 0.2) is 0 Å². The highest BCUT2D eigenvalue weighted by molar-refractivity contribution is 8.00. The van der Waals surface area contributed by atoms with Crippen LogP contribution in [0.5, 0.6) is 0 Å². The molecule has 1 saturated carbocycles. The van der Waals surface area contributed by atoms with E-state index in [1.807, 2.05) is 11.8 Å². The molecule has 0 radical (unpaired) electrons. The van der Waals surface area contributed by atoms with Gasteiger partial charge in [-0.05, 0) is 19.1 Å². The maximum atomic E-state index is 12.3. The van der Waals surface area contributed by atoms with Gasteiger partial charge < -0.3 is 15.3 Å². The second kappa shape index (κ2) is 6.93. The van der Waals surface area contributed by atoms with Crippen molar-refractivity contribution in [1.82, 2.24) is 10.2 Å². The third-order valence-corrected chi connectivity index (χ3v) is 6.63. The first-order valence-electron chi connectivity index (χ1n) is 6.98. The van der Waals surface area contributed by atoms with Crippen molar-refractivity contribution in [2.24, 2.45) is 0 Å². The van der Waals surface area contributed by atoms with Crippen molar-refractivity contribution < 1.29 is 14.7 Å². The Morgan fingerprint density at radius 1 is 1.45 bits per heavy atom. The molecule has 2 amide bonds. The van der Waals surface area contributed by atoms with Crippen molar-refractivity contribution in [1.29, 1.82) is 0 Å². The Kier molecular flexibility index (Phi) is 5.49. The van der Waals surface area contributed by atoms with E-state index < -0.39 is 12.0 Å². The molecule has 0 aromatic carbocycles. The number of thioether (sulfide) groups is 2. The minimum absolute atomic E-state index is 0.152. The summed E-state index contributed by atoms with van der Waals surface area (Å²) in [6, 6.07) is -0.916. The van der Waals surface area contributed by atoms with Crippen LogP contribution in [-0.2, 0) is 4.79 Å². The van der Waals surface area contributed by atoms with Gasteiger partial charge in [-0.1, -0.05) is 12.8 Å². The van der Waals surface area contributed by atoms with Gasteiger partial charge in [0.1, 0.15) is 6.04 Å². The molecule has 1 heterocycles. The number of amides is 2. The molecular weight excluding hydrogens is 296 g/mol. The van der Waals surface area contributed by atoms with Gasteiger partial charge in [0.25, 0.3) is 0 Å². The van der Waals surface area contributed by atoms with E-state index in [4.69, 9.17) is 0 Å². The molecule has 0 aromatic rings. The average molecular weight is 318 g/mol. The number of nitrogens with one attached hydrogen (secondary N) is 1. The van der Waals surface area contributed by atoms with E-state index in [-0.39, 0.29) is 10.8 Å². The molecule has 5 nitrogen and oxygen atoms in total. The summed E-state index contributed by atoms with van der Waals surface area (Å²) in [6.07, 6.45) is 6.79. The number of rotatable bonds is 4. The molecule has 1 saturated heterocycles. The topological polar surface area (TPSA) is 69.6 Å². The van der Waals surface area contributed by atoms with Gasteiger partial charge in [-0.25, -0.2) is 9.59 Å². The van der Waals surface area contributed by atoms with Gasteiger partial charge in [0.2, 0.25) is 0 Å². The fourth-order valence-electron chi connectivity index (χ4n) is 2.86. The second-order valence-corrected chi connectivity index (χ2v) is 7.80. The summed E-state index contributed by atoms with van der Waals surface area (Å²) >= 11 is 3.41. The van der Waals surface area contributed by atoms with Gasteiger partial charge in [-0.15, -0.1) is 0 Å². The summed E-state index contributed by atoms with van der Waals surface area (Å²) in [6.45, 7) is 1.16. The van der Waals surface area contributed by atoms with E-state index >= 15 is 0 Å². The van der Waals surface area contributed by atoms with E-state index in [0.29, 0.717) is 18.8 Å². The molecule has 7 heteroatoms. The van der Waals surface area contributed by atoms with E-state index in [1.165, 1.54) is 17.7 Å². The number of carboxylic acids is 1. The molecule has 114 valence electrons. The molecule has 2 N–H and O–H groups in total. The van der Waals surface area contributed by atoms with E-state index in [0.717, 1.165) is 18.6 Å². The summed E-state index contributed by atoms with van der Waals surface area (Å²) < 4.78 is 0.152. The number of carboxylic acid groups (broad SMARTS) is 1. The first-order chi connectivity index (χ1) is 9.58. The lowest BCUT2D eigenvalue weighted by atomic mass is 10.1. The number of hydrogen-bond donors (Lipinski definition) is 2. The summed E-state index contributed by atoms with van der Waals surface area (Å²) in [5.74, 6) is 0.384. The van der Waals surface area contributed by atoms with Crippen molar-refractivity contribution in [2.75, 3.05) is 30.9 Å². The van der Waals surface area contributed by atoms with Crippen molar-refractivity contribution in [3.8, 4) is 0 Å². The molecule has 1 aliphatic carbocycles. The molecule has 1 aliphatic heterocycles. The molecule has 1 atom stereocenters. The zero-order chi connectivity index (χ0) is 14.6. The highest BCUT2D eigenvalue weighted by Gasteiger charge is 2.36. The number of carbonyl (C=O) groups is 2. The van der Waals surface area contributed by atoms with Crippen molar-refractivity contribution in [3.63, 3.8) is 0 Å². The molecule has 20 heavy (non-hydrogen) atoms. The maximum absolute atomic E-state index is 12.3. The van der Waals surface area contributed by atoms with Crippen LogP contribution in [0.15, 0.2) is 0 Å². The fraction of sp³-hybridized carbons (Fsp3) is 0.846. The van der Waals surface area contributed by atoms with E-state index in [9.17, 15) is 14.7 Å². The lowest BCUT2D eigenvalue weighted by Gasteiger charge is -2.34. The number of hydrogen-bond acceptors (Lipinski definition) is 4. The predicted molar refractivity (Wildman–Crippen MR) is 83.6 cm³/mol. The molecule has 2 aliphatic rings. The van der Waals surface area contributed by atoms with Gasteiger partial charge in [-0.2, -0.15) is 23.5 Å². The molecular formula is C13H22N2O3S2. The van der Waals surface area contributed by atoms with Crippen molar-refractivity contribution in [2.45, 2.75) is 36.5 Å². The lowest BCUT2D eigenvalue weighted by molar-refractivity contribution is -0.141. The van der Waals surface area contributed by atoms with Crippen LogP contribution in [0, 0.1) is 0 Å². The highest BCUT2D eigenvalue weighted by atomic mass is 32.2. The van der Waals surface area contributed by atoms with Crippen LogP contribution in [0.3, 0.4) is 0 Å². The Labute approximate surface area is 128 Å². The maximum Gasteiger partial charge on any atom is 0.327 e. The molecule has 2 rings (SSSR count). The first kappa shape index (κ1) is 15.8. The minimum atomic E-state index is -0.909. The Bertz CT molecular complexity index is 373. The number of nitrogens with zero attached hydrogens (tertiary/aromatic N) is 1. The van der Waals surface area contributed by atoms with E-state index in [2.05, 4.69) is 11.6 Å². The Morgan fingerprint density at radius 3 is 2.75 bits per heavy atom. The number of aliphatic carboxylic acids is 1. The van der Waals surface area contributed by atoms with Crippen molar-refractivity contribution in [3.05, 3.63) is 0 Å². The minimum Gasteiger partial charge on any atom is -0.480 e. The Balaban J connectivity index is 1.91. The Hall–Kier alpha value is -0.560. The predicted octanol–water partition coefficient (Wildman–Crippen LogP) is 1.87. The third kappa shape index (κ3) is 3.55. The number of urea groups is 1. The van der Waals surface area contributed by atoms with Crippen LogP contribution in [0.4, 0.5) is 4.79 Å². The van der Waals surface area contributed by atoms with Gasteiger partial charge in [0, 0.05) is 29.3 Å². The van der Waals surface area contributed by atoms with Crippen LogP contribution in [-0.4, -0.2) is 63.6 Å². The molecule has 0 aromatic heterocycles. The summed E-state index contributed by atoms with van der Waals surface area (Å²) in [5.41, 5.74) is 0. The average Bonchev–Trinajstić information content (AvgIpc) is 2.94. The summed E-state index contributed by atoms with van der Waals surface area (Å²) in [5, 5.41) is 12.2. The van der Waals surface area contributed by atoms with Crippen molar-refractivity contribution >= 4 is 35.5 Å². The standard InChI is InChI=1S/C13H22N2O3S2/c1-19-13(4-2-3-5-13)9-14-12(18)15-6-7-20-8-10(15)11(16)17/h10H,2-9H2,1H3,(H,14,18)(H,16,17). The zero-order valence-electron chi connectivity index (χ0n) is 11.8. The molecule has 1 unspecified atom stereocenters. The smallest absolute Gasteiger partial charge is 0.327 e. The van der Waals surface area contributed by atoms with E-state index in [1.54, 1.807) is 11.8 Å². The fourth-order valence-corrected chi connectivity index (χ4v) is 4.81. The Morgan fingerprint density at radius 2 is 2.15 bits per heavy atom. The monoisotopic (exact) mass is 318 g/mol. The van der Waals surface area contributed by atoms with Crippen LogP contribution < -0.4 is 5.32 Å². The van der Waals surface area contributed by atoms with Crippen LogP contribution in [0.1, 0.15) is 25.7 Å². The normalized spacial score (nSPS) is 25.4. The molecule has 0 spiro atoms. The lowest BCUT2D eigenvalue weighted by Crippen LogP contribution is -2.55. The van der Waals surface area contributed by atoms with Crippen LogP contribution in [0.25, 0.3) is 0 Å². The summed E-state index contributed by atoms with van der Waals surface area (Å²) in [7, 11) is 0. The van der Waals surface area contributed by atoms with Gasteiger partial charge >= 0.3 is 12.0 Å². The zero-order valence-corrected chi connectivity index (χ0v) is 13.4. The van der Waals surface area contributed by atoms with Crippen LogP contribution in [0.2, 0.25) is 0 Å². The molecule has 2 fully saturated rings. The first-order valence-corrected chi connectivity index (χ1v) is 9.36. The van der Waals surface area contributed by atoms with Crippen LogP contribution >= 0.6 is 23.5 Å². The number of carbonyl (C=O) groups excluding carboxylic acids is 1. The highest BCUT2D eigenvalue weighted by Crippen LogP contribution is 2.39. The second-order valence-electron chi connectivity index (χ2n) is 5.38. The molecule has 0 bridgehead atoms. The largest absolute Gasteiger partial charge is 0.480 e. The quantitative estimate of drug-likeness (QED) is 0.828. The van der Waals surface area contributed by atoms with Gasteiger partial charge in [-0.3, -0.25) is 0 Å². The third-order valence-electron chi connectivity index (χ3n) is 4.18. The van der Waals surface area contributed by atoms with Gasteiger partial charge in [0.05, 0.1) is 0 Å². The summed E-state index contributed by atoms with van der Waals surface area (Å²) in [4.78, 5) is 24.9. The SMILES string of the molecule is CSC1(CNC(=O)N2CCSCC2C(=O)O)CCCC1.